The monoisotopic (exact) mass is 335 g/mol. The maximum absolute atomic E-state index is 12.1. The van der Waals surface area contributed by atoms with E-state index in [0.29, 0.717) is 0 Å². The molecule has 2 amide bonds. The summed E-state index contributed by atoms with van der Waals surface area (Å²) in [5.41, 5.74) is 3.78. The lowest BCUT2D eigenvalue weighted by Gasteiger charge is -2.10. The summed E-state index contributed by atoms with van der Waals surface area (Å²) in [7, 11) is 0. The Hall–Kier alpha value is -3.08. The van der Waals surface area contributed by atoms with Gasteiger partial charge >= 0.3 is 0 Å². The fourth-order valence-electron chi connectivity index (χ4n) is 2.84. The molecule has 0 bridgehead atoms. The van der Waals surface area contributed by atoms with Gasteiger partial charge in [-0.15, -0.1) is 0 Å². The molecule has 1 heterocycles. The topological polar surface area (TPSA) is 74.0 Å². The van der Waals surface area contributed by atoms with E-state index < -0.39 is 0 Å². The quantitative estimate of drug-likeness (QED) is 0.648. The molecule has 5 nitrogen and oxygen atoms in total. The van der Waals surface area contributed by atoms with Crippen LogP contribution in [0.15, 0.2) is 54.7 Å². The third-order valence-corrected chi connectivity index (χ3v) is 4.14. The van der Waals surface area contributed by atoms with Crippen LogP contribution in [0.3, 0.4) is 0 Å². The molecular weight excluding hydrogens is 314 g/mol. The molecule has 128 valence electrons. The van der Waals surface area contributed by atoms with E-state index >= 15 is 0 Å². The van der Waals surface area contributed by atoms with Crippen molar-refractivity contribution in [3.63, 3.8) is 0 Å². The maximum Gasteiger partial charge on any atom is 0.243 e. The number of hydrogen-bond donors (Lipinski definition) is 3. The minimum atomic E-state index is -0.229. The lowest BCUT2D eigenvalue weighted by atomic mass is 10.1. The number of aromatic amines is 1. The predicted molar refractivity (Wildman–Crippen MR) is 99.5 cm³/mol. The Labute approximate surface area is 146 Å². The number of para-hydroxylation sites is 2. The van der Waals surface area contributed by atoms with Gasteiger partial charge in [-0.2, -0.15) is 0 Å². The van der Waals surface area contributed by atoms with E-state index in [1.54, 1.807) is 0 Å². The van der Waals surface area contributed by atoms with Crippen LogP contribution in [0.5, 0.6) is 0 Å². The van der Waals surface area contributed by atoms with E-state index in [9.17, 15) is 9.59 Å². The maximum atomic E-state index is 12.1. The number of aromatic nitrogens is 1. The summed E-state index contributed by atoms with van der Waals surface area (Å²) in [4.78, 5) is 27.3. The average Bonchev–Trinajstić information content (AvgIpc) is 3.03. The van der Waals surface area contributed by atoms with Gasteiger partial charge in [-0.3, -0.25) is 9.59 Å². The molecule has 0 saturated carbocycles. The van der Waals surface area contributed by atoms with Gasteiger partial charge in [-0.05, 0) is 29.7 Å². The van der Waals surface area contributed by atoms with Crippen LogP contribution in [0.2, 0.25) is 0 Å². The molecule has 5 heteroatoms. The van der Waals surface area contributed by atoms with E-state index in [2.05, 4.69) is 15.6 Å². The van der Waals surface area contributed by atoms with E-state index in [0.717, 1.165) is 34.1 Å². The van der Waals surface area contributed by atoms with Crippen molar-refractivity contribution < 1.29 is 9.59 Å². The third kappa shape index (κ3) is 4.07. The molecule has 3 aromatic rings. The zero-order chi connectivity index (χ0) is 17.6. The van der Waals surface area contributed by atoms with Crippen LogP contribution in [0.25, 0.3) is 10.9 Å². The van der Waals surface area contributed by atoms with Crippen LogP contribution in [0.1, 0.15) is 18.1 Å². The molecule has 0 radical (unpaired) electrons. The smallest absolute Gasteiger partial charge is 0.243 e. The summed E-state index contributed by atoms with van der Waals surface area (Å²) < 4.78 is 0. The van der Waals surface area contributed by atoms with Crippen LogP contribution in [-0.2, 0) is 22.4 Å². The SMILES string of the molecule is CCc1ccccc1NC(=O)CNC(=O)Cc1c[nH]c2ccccc12. The van der Waals surface area contributed by atoms with Crippen molar-refractivity contribution in [3.8, 4) is 0 Å². The lowest BCUT2D eigenvalue weighted by Crippen LogP contribution is -2.33. The van der Waals surface area contributed by atoms with Gasteiger partial charge in [0.25, 0.3) is 0 Å². The largest absolute Gasteiger partial charge is 0.361 e. The highest BCUT2D eigenvalue weighted by Crippen LogP contribution is 2.18. The number of rotatable bonds is 6. The molecule has 0 aliphatic heterocycles. The van der Waals surface area contributed by atoms with Gasteiger partial charge in [0, 0.05) is 22.8 Å². The van der Waals surface area contributed by atoms with Crippen molar-refractivity contribution in [3.05, 3.63) is 65.9 Å². The Morgan fingerprint density at radius 3 is 2.56 bits per heavy atom. The number of carbonyl (C=O) groups excluding carboxylic acids is 2. The number of hydrogen-bond acceptors (Lipinski definition) is 2. The van der Waals surface area contributed by atoms with Gasteiger partial charge in [0.15, 0.2) is 0 Å². The first kappa shape index (κ1) is 16.8. The molecular formula is C20H21N3O2. The van der Waals surface area contributed by atoms with E-state index in [4.69, 9.17) is 0 Å². The third-order valence-electron chi connectivity index (χ3n) is 4.14. The summed E-state index contributed by atoms with van der Waals surface area (Å²) in [5, 5.41) is 6.55. The number of nitrogens with one attached hydrogen (secondary N) is 3. The summed E-state index contributed by atoms with van der Waals surface area (Å²) in [5.74, 6) is -0.406. The second kappa shape index (κ2) is 7.66. The van der Waals surface area contributed by atoms with E-state index in [1.807, 2.05) is 61.7 Å². The molecule has 3 rings (SSSR count). The van der Waals surface area contributed by atoms with Crippen molar-refractivity contribution in [1.29, 1.82) is 0 Å². The number of carbonyl (C=O) groups is 2. The molecule has 0 saturated heterocycles. The molecule has 0 fully saturated rings. The summed E-state index contributed by atoms with van der Waals surface area (Å²) in [6, 6.07) is 15.5. The van der Waals surface area contributed by atoms with Crippen molar-refractivity contribution in [2.45, 2.75) is 19.8 Å². The highest BCUT2D eigenvalue weighted by Gasteiger charge is 2.11. The number of fused-ring (bicyclic) bond motifs is 1. The molecule has 0 aliphatic carbocycles. The van der Waals surface area contributed by atoms with Gasteiger partial charge in [0.2, 0.25) is 11.8 Å². The summed E-state index contributed by atoms with van der Waals surface area (Å²) >= 11 is 0. The Balaban J connectivity index is 1.54. The lowest BCUT2D eigenvalue weighted by molar-refractivity contribution is -0.123. The normalized spacial score (nSPS) is 10.6. The first-order valence-corrected chi connectivity index (χ1v) is 8.37. The van der Waals surface area contributed by atoms with Crippen LogP contribution in [0, 0.1) is 0 Å². The fourth-order valence-corrected chi connectivity index (χ4v) is 2.84. The fraction of sp³-hybridized carbons (Fsp3) is 0.200. The predicted octanol–water partition coefficient (Wildman–Crippen LogP) is 3.03. The van der Waals surface area contributed by atoms with Gasteiger partial charge in [-0.1, -0.05) is 43.3 Å². The molecule has 0 unspecified atom stereocenters. The molecule has 2 aromatic carbocycles. The Bertz CT molecular complexity index is 899. The second-order valence-corrected chi connectivity index (χ2v) is 5.87. The molecule has 0 spiro atoms. The van der Waals surface area contributed by atoms with Crippen molar-refractivity contribution in [1.82, 2.24) is 10.3 Å². The van der Waals surface area contributed by atoms with Crippen LogP contribution in [-0.4, -0.2) is 23.3 Å². The summed E-state index contributed by atoms with van der Waals surface area (Å²) in [6.45, 7) is 1.99. The number of aryl methyl sites for hydroxylation is 1. The van der Waals surface area contributed by atoms with Crippen LogP contribution < -0.4 is 10.6 Å². The molecule has 1 aromatic heterocycles. The molecule has 3 N–H and O–H groups in total. The van der Waals surface area contributed by atoms with E-state index in [-0.39, 0.29) is 24.8 Å². The van der Waals surface area contributed by atoms with Crippen molar-refractivity contribution in [2.75, 3.05) is 11.9 Å². The Morgan fingerprint density at radius 1 is 0.960 bits per heavy atom. The summed E-state index contributed by atoms with van der Waals surface area (Å²) in [6.07, 6.45) is 2.91. The Morgan fingerprint density at radius 2 is 1.72 bits per heavy atom. The zero-order valence-corrected chi connectivity index (χ0v) is 14.1. The number of amides is 2. The standard InChI is InChI=1S/C20H21N3O2/c1-2-14-7-3-5-9-17(14)23-20(25)13-22-19(24)11-15-12-21-18-10-6-4-8-16(15)18/h3-10,12,21H,2,11,13H2,1H3,(H,22,24)(H,23,25). The van der Waals surface area contributed by atoms with Gasteiger partial charge < -0.3 is 15.6 Å². The van der Waals surface area contributed by atoms with Crippen LogP contribution in [0.4, 0.5) is 5.69 Å². The number of H-pyrrole nitrogens is 1. The second-order valence-electron chi connectivity index (χ2n) is 5.87. The van der Waals surface area contributed by atoms with Crippen LogP contribution >= 0.6 is 0 Å². The first-order valence-electron chi connectivity index (χ1n) is 8.37. The number of anilines is 1. The first-order chi connectivity index (χ1) is 12.2. The van der Waals surface area contributed by atoms with Gasteiger partial charge in [-0.25, -0.2) is 0 Å². The highest BCUT2D eigenvalue weighted by molar-refractivity contribution is 5.96. The van der Waals surface area contributed by atoms with Gasteiger partial charge in [0.05, 0.1) is 13.0 Å². The zero-order valence-electron chi connectivity index (χ0n) is 14.1. The van der Waals surface area contributed by atoms with E-state index in [1.165, 1.54) is 0 Å². The molecule has 25 heavy (non-hydrogen) atoms. The number of benzene rings is 2. The highest BCUT2D eigenvalue weighted by atomic mass is 16.2. The average molecular weight is 335 g/mol. The molecule has 0 aliphatic rings. The van der Waals surface area contributed by atoms with Crippen molar-refractivity contribution >= 4 is 28.4 Å². The minimum absolute atomic E-state index is 0.0424. The minimum Gasteiger partial charge on any atom is -0.361 e. The Kier molecular flexibility index (Phi) is 5.14. The molecule has 0 atom stereocenters. The van der Waals surface area contributed by atoms with Gasteiger partial charge in [0.1, 0.15) is 0 Å². The van der Waals surface area contributed by atoms with Crippen molar-refractivity contribution in [2.24, 2.45) is 0 Å².